The first-order valence-electron chi connectivity index (χ1n) is 13.6. The zero-order valence-corrected chi connectivity index (χ0v) is 24.0. The maximum atomic E-state index is 15.6. The number of hydrogen-bond acceptors (Lipinski definition) is 7. The van der Waals surface area contributed by atoms with Crippen LogP contribution in [0.3, 0.4) is 0 Å². The average Bonchev–Trinajstić information content (AvgIpc) is 2.99. The smallest absolute Gasteiger partial charge is 0.316 e. The van der Waals surface area contributed by atoms with Gasteiger partial charge in [-0.2, -0.15) is 0 Å². The van der Waals surface area contributed by atoms with E-state index in [-0.39, 0.29) is 30.1 Å². The molecule has 4 aromatic rings. The summed E-state index contributed by atoms with van der Waals surface area (Å²) >= 11 is 0. The number of fused-ring (bicyclic) bond motifs is 2. The number of rotatable bonds is 8. The van der Waals surface area contributed by atoms with Gasteiger partial charge in [-0.1, -0.05) is 24.3 Å². The molecule has 42 heavy (non-hydrogen) atoms. The number of nitrogens with zero attached hydrogens (tertiary/aromatic N) is 3. The highest BCUT2D eigenvalue weighted by molar-refractivity contribution is 6.39. The van der Waals surface area contributed by atoms with E-state index in [9.17, 15) is 9.59 Å². The van der Waals surface area contributed by atoms with Gasteiger partial charge in [0.1, 0.15) is 5.75 Å². The molecular weight excluding hydrogens is 539 g/mol. The number of amides is 2. The van der Waals surface area contributed by atoms with Crippen molar-refractivity contribution in [2.45, 2.75) is 32.4 Å². The van der Waals surface area contributed by atoms with Gasteiger partial charge in [0.25, 0.3) is 0 Å². The molecule has 1 unspecified atom stereocenters. The Labute approximate surface area is 243 Å². The number of primary amides is 1. The lowest BCUT2D eigenvalue weighted by Gasteiger charge is -2.42. The zero-order valence-electron chi connectivity index (χ0n) is 24.0. The first kappa shape index (κ1) is 28.8. The van der Waals surface area contributed by atoms with Crippen molar-refractivity contribution in [2.24, 2.45) is 5.73 Å². The van der Waals surface area contributed by atoms with Gasteiger partial charge < -0.3 is 24.8 Å². The molecule has 218 valence electrons. The summed E-state index contributed by atoms with van der Waals surface area (Å²) in [5.41, 5.74) is 8.46. The summed E-state index contributed by atoms with van der Waals surface area (Å²) in [6, 6.07) is 17.2. The van der Waals surface area contributed by atoms with Crippen LogP contribution in [0.25, 0.3) is 10.9 Å². The molecule has 5 rings (SSSR count). The fourth-order valence-electron chi connectivity index (χ4n) is 5.50. The van der Waals surface area contributed by atoms with Crippen LogP contribution in [0.5, 0.6) is 23.0 Å². The largest absolute Gasteiger partial charge is 0.493 e. The summed E-state index contributed by atoms with van der Waals surface area (Å²) in [7, 11) is 3.05. The van der Waals surface area contributed by atoms with Gasteiger partial charge in [0.15, 0.2) is 23.1 Å². The molecule has 0 saturated heterocycles. The number of ether oxygens (including phenoxy) is 3. The van der Waals surface area contributed by atoms with Gasteiger partial charge >= 0.3 is 11.8 Å². The van der Waals surface area contributed by atoms with Crippen LogP contribution in [-0.4, -0.2) is 55.0 Å². The Kier molecular flexibility index (Phi) is 8.26. The lowest BCUT2D eigenvalue weighted by atomic mass is 9.91. The Morgan fingerprint density at radius 1 is 1.02 bits per heavy atom. The van der Waals surface area contributed by atoms with Crippen LogP contribution in [0.15, 0.2) is 66.9 Å². The highest BCUT2D eigenvalue weighted by atomic mass is 19.1. The lowest BCUT2D eigenvalue weighted by molar-refractivity contribution is -0.135. The maximum Gasteiger partial charge on any atom is 0.316 e. The van der Waals surface area contributed by atoms with Gasteiger partial charge in [0.05, 0.1) is 25.8 Å². The summed E-state index contributed by atoms with van der Waals surface area (Å²) in [6.07, 6.45) is 2.42. The van der Waals surface area contributed by atoms with E-state index in [1.807, 2.05) is 18.2 Å². The fraction of sp³-hybridized carbons (Fsp3) is 0.281. The molecule has 1 aliphatic heterocycles. The van der Waals surface area contributed by atoms with Crippen LogP contribution >= 0.6 is 0 Å². The molecule has 1 aromatic heterocycles. The average molecular weight is 573 g/mol. The highest BCUT2D eigenvalue weighted by Crippen LogP contribution is 2.38. The van der Waals surface area contributed by atoms with Gasteiger partial charge in [-0.3, -0.25) is 19.5 Å². The second kappa shape index (κ2) is 12.0. The molecule has 2 amide bonds. The number of nitrogens with two attached hydrogens (primary N) is 1. The molecular formula is C32H33FN4O5. The number of carbonyl (C=O) groups is 2. The molecule has 1 atom stereocenters. The molecule has 3 aromatic carbocycles. The molecule has 10 heteroatoms. The van der Waals surface area contributed by atoms with Gasteiger partial charge in [-0.05, 0) is 55.7 Å². The number of halogens is 1. The molecule has 0 spiro atoms. The van der Waals surface area contributed by atoms with E-state index in [0.717, 1.165) is 18.5 Å². The topological polar surface area (TPSA) is 107 Å². The van der Waals surface area contributed by atoms with Crippen LogP contribution < -0.4 is 24.8 Å². The summed E-state index contributed by atoms with van der Waals surface area (Å²) in [5.74, 6) is -1.51. The third kappa shape index (κ3) is 5.58. The summed E-state index contributed by atoms with van der Waals surface area (Å²) < 4.78 is 32.3. The van der Waals surface area contributed by atoms with Crippen molar-refractivity contribution >= 4 is 28.4 Å². The molecule has 9 nitrogen and oxygen atoms in total. The number of carbonyl (C=O) groups excluding carboxylic acids is 2. The summed E-state index contributed by atoms with van der Waals surface area (Å²) in [4.78, 5) is 33.1. The molecule has 2 heterocycles. The predicted octanol–water partition coefficient (Wildman–Crippen LogP) is 5.01. The number of hydrogen-bond donors (Lipinski definition) is 1. The number of aromatic nitrogens is 1. The molecule has 1 aliphatic rings. The first-order chi connectivity index (χ1) is 20.2. The number of pyridine rings is 1. The van der Waals surface area contributed by atoms with E-state index in [1.165, 1.54) is 36.8 Å². The van der Waals surface area contributed by atoms with Crippen molar-refractivity contribution in [2.75, 3.05) is 32.2 Å². The van der Waals surface area contributed by atoms with E-state index in [1.54, 1.807) is 30.5 Å². The van der Waals surface area contributed by atoms with Crippen LogP contribution in [0, 0.1) is 5.82 Å². The molecule has 0 fully saturated rings. The Morgan fingerprint density at radius 2 is 1.76 bits per heavy atom. The third-order valence-electron chi connectivity index (χ3n) is 7.58. The third-order valence-corrected chi connectivity index (χ3v) is 7.58. The molecule has 0 bridgehead atoms. The summed E-state index contributed by atoms with van der Waals surface area (Å²) in [5, 5.41) is 0.592. The van der Waals surface area contributed by atoms with Crippen LogP contribution in [0.4, 0.5) is 10.1 Å². The zero-order chi connectivity index (χ0) is 30.0. The van der Waals surface area contributed by atoms with Crippen molar-refractivity contribution < 1.29 is 28.2 Å². The Morgan fingerprint density at radius 3 is 2.45 bits per heavy atom. The Balaban J connectivity index is 1.49. The first-order valence-corrected chi connectivity index (χ1v) is 13.6. The molecule has 2 N–H and O–H groups in total. The minimum absolute atomic E-state index is 0.0701. The number of anilines is 1. The van der Waals surface area contributed by atoms with Gasteiger partial charge in [-0.25, -0.2) is 4.39 Å². The van der Waals surface area contributed by atoms with Gasteiger partial charge in [0.2, 0.25) is 0 Å². The highest BCUT2D eigenvalue weighted by Gasteiger charge is 2.33. The SMILES string of the molecule is COc1cc2nccc(Oc3ccc(N(CC4c5ccccc5CCN4C(C)C)C(=O)C(N)=O)cc3F)c2cc1OC. The minimum atomic E-state index is -1.12. The van der Waals surface area contributed by atoms with Gasteiger partial charge in [0, 0.05) is 48.5 Å². The fourth-order valence-corrected chi connectivity index (χ4v) is 5.50. The number of methoxy groups -OCH3 is 2. The monoisotopic (exact) mass is 572 g/mol. The molecule has 0 radical (unpaired) electrons. The Bertz CT molecular complexity index is 1640. The van der Waals surface area contributed by atoms with Crippen molar-refractivity contribution in [1.82, 2.24) is 9.88 Å². The van der Waals surface area contributed by atoms with E-state index in [2.05, 4.69) is 29.8 Å². The predicted molar refractivity (Wildman–Crippen MR) is 158 cm³/mol. The Hall–Kier alpha value is -4.70. The standard InChI is InChI=1S/C32H33FN4O5/c1-19(2)36-14-12-20-7-5-6-8-22(20)26(36)18-37(32(39)31(34)38)21-9-10-28(24(33)15-21)42-27-11-13-35-25-17-30(41-4)29(40-3)16-23(25)27/h5-11,13,15-17,19,26H,12,14,18H2,1-4H3,(H2,34,38). The van der Waals surface area contributed by atoms with E-state index < -0.39 is 17.6 Å². The normalized spacial score (nSPS) is 14.9. The second-order valence-electron chi connectivity index (χ2n) is 10.3. The van der Waals surface area contributed by atoms with E-state index >= 15 is 4.39 Å². The van der Waals surface area contributed by atoms with Gasteiger partial charge in [-0.15, -0.1) is 0 Å². The van der Waals surface area contributed by atoms with Crippen LogP contribution in [-0.2, 0) is 16.0 Å². The van der Waals surface area contributed by atoms with Crippen LogP contribution in [0.1, 0.15) is 31.0 Å². The number of benzene rings is 3. The minimum Gasteiger partial charge on any atom is -0.493 e. The van der Waals surface area contributed by atoms with Crippen LogP contribution in [0.2, 0.25) is 0 Å². The van der Waals surface area contributed by atoms with Crippen molar-refractivity contribution in [3.8, 4) is 23.0 Å². The van der Waals surface area contributed by atoms with E-state index in [0.29, 0.717) is 28.2 Å². The lowest BCUT2D eigenvalue weighted by Crippen LogP contribution is -2.49. The van der Waals surface area contributed by atoms with Crippen molar-refractivity contribution in [1.29, 1.82) is 0 Å². The maximum absolute atomic E-state index is 15.6. The molecule has 0 saturated carbocycles. The quantitative estimate of drug-likeness (QED) is 0.296. The van der Waals surface area contributed by atoms with Crippen molar-refractivity contribution in [3.63, 3.8) is 0 Å². The second-order valence-corrected chi connectivity index (χ2v) is 10.3. The molecule has 0 aliphatic carbocycles. The van der Waals surface area contributed by atoms with Crippen molar-refractivity contribution in [3.05, 3.63) is 83.8 Å². The van der Waals surface area contributed by atoms with E-state index in [4.69, 9.17) is 19.9 Å². The summed E-state index contributed by atoms with van der Waals surface area (Å²) in [6.45, 7) is 5.08.